The van der Waals surface area contributed by atoms with E-state index in [4.69, 9.17) is 11.6 Å². The number of halogens is 1. The van der Waals surface area contributed by atoms with Crippen LogP contribution in [0.5, 0.6) is 0 Å². The first kappa shape index (κ1) is 23.1. The lowest BCUT2D eigenvalue weighted by molar-refractivity contribution is -0.384. The topological polar surface area (TPSA) is 94.9 Å². The minimum Gasteiger partial charge on any atom is -0.372 e. The Morgan fingerprint density at radius 2 is 1.75 bits per heavy atom. The number of hydrogen-bond donors (Lipinski definition) is 0. The lowest BCUT2D eigenvalue weighted by Crippen LogP contribution is -2.21. The first-order valence-corrected chi connectivity index (χ1v) is 11.1. The number of nitrogens with zero attached hydrogens (tertiary/aromatic N) is 5. The van der Waals surface area contributed by atoms with Gasteiger partial charge in [-0.15, -0.1) is 21.6 Å². The Morgan fingerprint density at radius 1 is 1.09 bits per heavy atom. The summed E-state index contributed by atoms with van der Waals surface area (Å²) in [6.07, 6.45) is 3.53. The van der Waals surface area contributed by atoms with Crippen LogP contribution in [0.2, 0.25) is 5.02 Å². The molecule has 3 rings (SSSR count). The summed E-state index contributed by atoms with van der Waals surface area (Å²) in [7, 11) is 0. The molecule has 0 aliphatic carbocycles. The van der Waals surface area contributed by atoms with Gasteiger partial charge in [-0.05, 0) is 61.9 Å². The standard InChI is InChI=1S/C23H20ClN5O2S/c1-3-28(4-2)18-12-8-17(9-13-18)26-27-23-20(15-25)22(24)21(32-23)14-7-16-5-10-19(11-6-16)29(30)31/h5-14H,3-4H2,1-2H3/b14-7-,27-26?. The molecule has 0 saturated carbocycles. The number of non-ortho nitro benzene ring substituents is 1. The van der Waals surface area contributed by atoms with Crippen molar-refractivity contribution in [3.05, 3.63) is 79.7 Å². The second kappa shape index (κ2) is 10.7. The van der Waals surface area contributed by atoms with E-state index in [1.807, 2.05) is 24.3 Å². The fraction of sp³-hybridized carbons (Fsp3) is 0.174. The minimum absolute atomic E-state index is 0.0240. The Bertz CT molecular complexity index is 1190. The molecule has 1 heterocycles. The Hall–Kier alpha value is -3.54. The van der Waals surface area contributed by atoms with Crippen LogP contribution in [0.4, 0.5) is 22.1 Å². The van der Waals surface area contributed by atoms with Crippen LogP contribution in [-0.4, -0.2) is 18.0 Å². The number of benzene rings is 2. The molecular formula is C23H20ClN5O2S. The monoisotopic (exact) mass is 465 g/mol. The van der Waals surface area contributed by atoms with Gasteiger partial charge in [0.05, 0.1) is 15.6 Å². The van der Waals surface area contributed by atoms with Crippen LogP contribution in [0.1, 0.15) is 29.9 Å². The molecule has 32 heavy (non-hydrogen) atoms. The SMILES string of the molecule is CCN(CC)c1ccc(N=Nc2sc(/C=C\c3ccc([N+](=O)[O-])cc3)c(Cl)c2C#N)cc1. The normalized spacial score (nSPS) is 11.2. The van der Waals surface area contributed by atoms with Crippen LogP contribution in [0, 0.1) is 21.4 Å². The molecule has 1 aromatic heterocycles. The highest BCUT2D eigenvalue weighted by atomic mass is 35.5. The highest BCUT2D eigenvalue weighted by Gasteiger charge is 2.15. The third kappa shape index (κ3) is 5.38. The summed E-state index contributed by atoms with van der Waals surface area (Å²) in [5.41, 5.74) is 2.86. The molecular weight excluding hydrogens is 446 g/mol. The largest absolute Gasteiger partial charge is 0.372 e. The maximum absolute atomic E-state index is 10.8. The molecule has 162 valence electrons. The summed E-state index contributed by atoms with van der Waals surface area (Å²) in [4.78, 5) is 13.2. The van der Waals surface area contributed by atoms with E-state index < -0.39 is 4.92 Å². The van der Waals surface area contributed by atoms with E-state index in [9.17, 15) is 15.4 Å². The van der Waals surface area contributed by atoms with Crippen LogP contribution in [-0.2, 0) is 0 Å². The van der Waals surface area contributed by atoms with Crippen molar-refractivity contribution in [1.82, 2.24) is 0 Å². The third-order valence-electron chi connectivity index (χ3n) is 4.73. The average molecular weight is 466 g/mol. The Morgan fingerprint density at radius 3 is 2.31 bits per heavy atom. The van der Waals surface area contributed by atoms with Crippen LogP contribution in [0.3, 0.4) is 0 Å². The zero-order valence-corrected chi connectivity index (χ0v) is 19.1. The highest BCUT2D eigenvalue weighted by Crippen LogP contribution is 2.40. The van der Waals surface area contributed by atoms with Gasteiger partial charge in [0.15, 0.2) is 5.00 Å². The third-order valence-corrected chi connectivity index (χ3v) is 6.28. The summed E-state index contributed by atoms with van der Waals surface area (Å²) in [6.45, 7) is 6.06. The molecule has 3 aromatic rings. The minimum atomic E-state index is -0.447. The number of thiophene rings is 1. The lowest BCUT2D eigenvalue weighted by Gasteiger charge is -2.20. The summed E-state index contributed by atoms with van der Waals surface area (Å²) in [6, 6.07) is 16.0. The second-order valence-corrected chi connectivity index (χ2v) is 8.05. The van der Waals surface area contributed by atoms with Gasteiger partial charge in [0, 0.05) is 35.8 Å². The van der Waals surface area contributed by atoms with E-state index in [1.165, 1.54) is 23.5 Å². The number of nitriles is 1. The number of hydrogen-bond acceptors (Lipinski definition) is 7. The van der Waals surface area contributed by atoms with Gasteiger partial charge in [-0.2, -0.15) is 5.26 Å². The van der Waals surface area contributed by atoms with Crippen molar-refractivity contribution in [2.45, 2.75) is 13.8 Å². The van der Waals surface area contributed by atoms with Gasteiger partial charge in [-0.1, -0.05) is 17.7 Å². The van der Waals surface area contributed by atoms with Gasteiger partial charge >= 0.3 is 0 Å². The molecule has 0 unspecified atom stereocenters. The maximum atomic E-state index is 10.8. The fourth-order valence-corrected chi connectivity index (χ4v) is 4.23. The molecule has 0 radical (unpaired) electrons. The van der Waals surface area contributed by atoms with E-state index in [0.717, 1.165) is 24.3 Å². The van der Waals surface area contributed by atoms with E-state index in [1.54, 1.807) is 24.3 Å². The molecule has 0 saturated heterocycles. The maximum Gasteiger partial charge on any atom is 0.269 e. The molecule has 0 aliphatic heterocycles. The summed E-state index contributed by atoms with van der Waals surface area (Å²) >= 11 is 7.63. The number of nitro benzene ring substituents is 1. The smallest absolute Gasteiger partial charge is 0.269 e. The molecule has 0 amide bonds. The number of azo groups is 1. The summed E-state index contributed by atoms with van der Waals surface area (Å²) in [5, 5.41) is 29.5. The van der Waals surface area contributed by atoms with E-state index >= 15 is 0 Å². The molecule has 9 heteroatoms. The van der Waals surface area contributed by atoms with E-state index in [0.29, 0.717) is 20.6 Å². The average Bonchev–Trinajstić information content (AvgIpc) is 3.12. The van der Waals surface area contributed by atoms with Crippen molar-refractivity contribution in [2.75, 3.05) is 18.0 Å². The number of nitro groups is 1. The van der Waals surface area contributed by atoms with Crippen molar-refractivity contribution in [2.24, 2.45) is 10.2 Å². The molecule has 0 atom stereocenters. The highest BCUT2D eigenvalue weighted by molar-refractivity contribution is 7.17. The lowest BCUT2D eigenvalue weighted by atomic mass is 10.2. The zero-order valence-electron chi connectivity index (χ0n) is 17.5. The molecule has 0 bridgehead atoms. The number of rotatable bonds is 8. The van der Waals surface area contributed by atoms with Crippen molar-refractivity contribution in [1.29, 1.82) is 5.26 Å². The second-order valence-electron chi connectivity index (χ2n) is 6.64. The molecule has 0 aliphatic rings. The first-order valence-electron chi connectivity index (χ1n) is 9.88. The summed E-state index contributed by atoms with van der Waals surface area (Å²) in [5.74, 6) is 0. The van der Waals surface area contributed by atoms with E-state index in [-0.39, 0.29) is 11.3 Å². The predicted molar refractivity (Wildman–Crippen MR) is 130 cm³/mol. The van der Waals surface area contributed by atoms with Gasteiger partial charge in [0.1, 0.15) is 11.6 Å². The van der Waals surface area contributed by atoms with Crippen molar-refractivity contribution in [3.63, 3.8) is 0 Å². The van der Waals surface area contributed by atoms with Gasteiger partial charge in [-0.25, -0.2) is 0 Å². The van der Waals surface area contributed by atoms with Gasteiger partial charge in [0.2, 0.25) is 0 Å². The van der Waals surface area contributed by atoms with Gasteiger partial charge in [0.25, 0.3) is 5.69 Å². The summed E-state index contributed by atoms with van der Waals surface area (Å²) < 4.78 is 0. The molecule has 0 fully saturated rings. The van der Waals surface area contributed by atoms with Crippen LogP contribution in [0.15, 0.2) is 58.8 Å². The van der Waals surface area contributed by atoms with Crippen LogP contribution < -0.4 is 4.90 Å². The quantitative estimate of drug-likeness (QED) is 0.194. The van der Waals surface area contributed by atoms with Crippen LogP contribution in [0.25, 0.3) is 12.2 Å². The van der Waals surface area contributed by atoms with Crippen LogP contribution >= 0.6 is 22.9 Å². The fourth-order valence-electron chi connectivity index (χ4n) is 2.99. The molecule has 0 N–H and O–H groups in total. The molecule has 0 spiro atoms. The predicted octanol–water partition coefficient (Wildman–Crippen LogP) is 7.61. The Kier molecular flexibility index (Phi) is 7.71. The number of anilines is 1. The van der Waals surface area contributed by atoms with Crippen molar-refractivity contribution < 1.29 is 4.92 Å². The van der Waals surface area contributed by atoms with Gasteiger partial charge < -0.3 is 4.90 Å². The first-order chi connectivity index (χ1) is 15.5. The molecule has 2 aromatic carbocycles. The Labute approximate surface area is 195 Å². The van der Waals surface area contributed by atoms with E-state index in [2.05, 4.69) is 35.0 Å². The Balaban J connectivity index is 1.80. The van der Waals surface area contributed by atoms with Gasteiger partial charge in [-0.3, -0.25) is 10.1 Å². The molecule has 7 nitrogen and oxygen atoms in total. The zero-order chi connectivity index (χ0) is 23.1. The van der Waals surface area contributed by atoms with Crippen molar-refractivity contribution in [3.8, 4) is 6.07 Å². The van der Waals surface area contributed by atoms with Crippen molar-refractivity contribution >= 4 is 57.2 Å².